The van der Waals surface area contributed by atoms with Crippen LogP contribution in [0, 0.1) is 0 Å². The Morgan fingerprint density at radius 1 is 1.11 bits per heavy atom. The molecule has 0 fully saturated rings. The van der Waals surface area contributed by atoms with Crippen LogP contribution in [0.1, 0.15) is 5.69 Å². The fourth-order valence-electron chi connectivity index (χ4n) is 2.37. The molecule has 0 aliphatic rings. The Morgan fingerprint density at radius 2 is 1.96 bits per heavy atom. The summed E-state index contributed by atoms with van der Waals surface area (Å²) in [6, 6.07) is 15.2. The van der Waals surface area contributed by atoms with Crippen LogP contribution >= 0.6 is 34.7 Å². The third-order valence-corrected chi connectivity index (χ3v) is 5.75. The molecule has 0 amide bonds. The number of rotatable bonds is 6. The minimum Gasteiger partial charge on any atom is -0.497 e. The summed E-state index contributed by atoms with van der Waals surface area (Å²) in [7, 11) is 1.66. The van der Waals surface area contributed by atoms with Crippen molar-refractivity contribution in [3.8, 4) is 27.8 Å². The Balaban J connectivity index is 1.42. The number of thiazole rings is 1. The SMILES string of the molecule is COc1cccc(-c2nc(CSc3nnc(-c4ccc(Cl)cc4)o3)cs2)c1. The predicted octanol–water partition coefficient (Wildman–Crippen LogP) is 5.81. The highest BCUT2D eigenvalue weighted by Gasteiger charge is 2.11. The molecule has 0 spiro atoms. The van der Waals surface area contributed by atoms with E-state index in [4.69, 9.17) is 20.8 Å². The molecule has 2 heterocycles. The summed E-state index contributed by atoms with van der Waals surface area (Å²) in [4.78, 5) is 4.68. The topological polar surface area (TPSA) is 61.0 Å². The number of hydrogen-bond donors (Lipinski definition) is 0. The predicted molar refractivity (Wildman–Crippen MR) is 108 cm³/mol. The molecule has 0 aliphatic heterocycles. The fourth-order valence-corrected chi connectivity index (χ4v) is 4.08. The minimum absolute atomic E-state index is 0.476. The largest absolute Gasteiger partial charge is 0.497 e. The molecule has 5 nitrogen and oxygen atoms in total. The van der Waals surface area contributed by atoms with E-state index in [-0.39, 0.29) is 0 Å². The van der Waals surface area contributed by atoms with Gasteiger partial charge < -0.3 is 9.15 Å². The van der Waals surface area contributed by atoms with Crippen molar-refractivity contribution < 1.29 is 9.15 Å². The number of methoxy groups -OCH3 is 1. The molecule has 4 rings (SSSR count). The van der Waals surface area contributed by atoms with Crippen molar-refractivity contribution in [2.45, 2.75) is 11.0 Å². The lowest BCUT2D eigenvalue weighted by molar-refractivity contribution is 0.415. The normalized spacial score (nSPS) is 10.9. The summed E-state index contributed by atoms with van der Waals surface area (Å²) in [6.07, 6.45) is 0. The highest BCUT2D eigenvalue weighted by molar-refractivity contribution is 7.98. The molecule has 0 atom stereocenters. The van der Waals surface area contributed by atoms with Crippen LogP contribution in [-0.4, -0.2) is 22.3 Å². The maximum Gasteiger partial charge on any atom is 0.277 e. The Bertz CT molecular complexity index is 1050. The molecule has 0 radical (unpaired) electrons. The second-order valence-electron chi connectivity index (χ2n) is 5.54. The van der Waals surface area contributed by atoms with Gasteiger partial charge in [0.25, 0.3) is 5.22 Å². The van der Waals surface area contributed by atoms with Crippen molar-refractivity contribution >= 4 is 34.7 Å². The Labute approximate surface area is 169 Å². The number of hydrogen-bond acceptors (Lipinski definition) is 7. The van der Waals surface area contributed by atoms with Gasteiger partial charge in [-0.25, -0.2) is 4.98 Å². The highest BCUT2D eigenvalue weighted by atomic mass is 35.5. The molecule has 0 aliphatic carbocycles. The number of ether oxygens (including phenoxy) is 1. The van der Waals surface area contributed by atoms with Crippen molar-refractivity contribution in [1.82, 2.24) is 15.2 Å². The molecule has 136 valence electrons. The van der Waals surface area contributed by atoms with Gasteiger partial charge in [-0.2, -0.15) is 0 Å². The summed E-state index contributed by atoms with van der Waals surface area (Å²) in [5, 5.41) is 12.4. The van der Waals surface area contributed by atoms with Crippen molar-refractivity contribution in [1.29, 1.82) is 0 Å². The molecule has 8 heteroatoms. The van der Waals surface area contributed by atoms with E-state index >= 15 is 0 Å². The Morgan fingerprint density at radius 3 is 2.78 bits per heavy atom. The van der Waals surface area contributed by atoms with E-state index in [9.17, 15) is 0 Å². The van der Waals surface area contributed by atoms with Gasteiger partial charge >= 0.3 is 0 Å². The van der Waals surface area contributed by atoms with Gasteiger partial charge in [-0.15, -0.1) is 21.5 Å². The fraction of sp³-hybridized carbons (Fsp3) is 0.105. The molecule has 2 aromatic carbocycles. The number of nitrogens with zero attached hydrogens (tertiary/aromatic N) is 3. The van der Waals surface area contributed by atoms with Gasteiger partial charge in [0.05, 0.1) is 12.8 Å². The molecule has 0 saturated heterocycles. The lowest BCUT2D eigenvalue weighted by atomic mass is 10.2. The monoisotopic (exact) mass is 415 g/mol. The molecule has 0 bridgehead atoms. The van der Waals surface area contributed by atoms with Gasteiger partial charge in [0, 0.05) is 27.3 Å². The molecular formula is C19H14ClN3O2S2. The van der Waals surface area contributed by atoms with Crippen molar-refractivity contribution in [3.63, 3.8) is 0 Å². The van der Waals surface area contributed by atoms with Crippen LogP contribution in [0.3, 0.4) is 0 Å². The van der Waals surface area contributed by atoms with Gasteiger partial charge in [-0.05, 0) is 36.4 Å². The van der Waals surface area contributed by atoms with E-state index in [0.717, 1.165) is 27.6 Å². The first-order valence-electron chi connectivity index (χ1n) is 8.02. The third kappa shape index (κ3) is 4.32. The summed E-state index contributed by atoms with van der Waals surface area (Å²) in [5.41, 5.74) is 2.85. The molecule has 0 unspecified atom stereocenters. The quantitative estimate of drug-likeness (QED) is 0.370. The highest BCUT2D eigenvalue weighted by Crippen LogP contribution is 2.30. The molecular weight excluding hydrogens is 402 g/mol. The van der Waals surface area contributed by atoms with Gasteiger partial charge in [-0.3, -0.25) is 0 Å². The first-order chi connectivity index (χ1) is 13.2. The van der Waals surface area contributed by atoms with Crippen LogP contribution in [0.15, 0.2) is 63.6 Å². The zero-order chi connectivity index (χ0) is 18.6. The maximum absolute atomic E-state index is 5.90. The van der Waals surface area contributed by atoms with E-state index < -0.39 is 0 Å². The van der Waals surface area contributed by atoms with Crippen LogP contribution in [0.25, 0.3) is 22.0 Å². The van der Waals surface area contributed by atoms with Gasteiger partial charge in [-0.1, -0.05) is 35.5 Å². The molecule has 0 N–H and O–H groups in total. The number of thioether (sulfide) groups is 1. The van der Waals surface area contributed by atoms with Crippen LogP contribution in [0.5, 0.6) is 5.75 Å². The molecule has 4 aromatic rings. The summed E-state index contributed by atoms with van der Waals surface area (Å²) >= 11 is 8.96. The zero-order valence-electron chi connectivity index (χ0n) is 14.3. The van der Waals surface area contributed by atoms with E-state index in [1.165, 1.54) is 11.8 Å². The molecule has 0 saturated carbocycles. The average molecular weight is 416 g/mol. The summed E-state index contributed by atoms with van der Waals surface area (Å²) < 4.78 is 11.0. The van der Waals surface area contributed by atoms with Crippen LogP contribution in [0.4, 0.5) is 0 Å². The first-order valence-corrected chi connectivity index (χ1v) is 10.3. The van der Waals surface area contributed by atoms with Gasteiger partial charge in [0.1, 0.15) is 10.8 Å². The number of benzene rings is 2. The smallest absolute Gasteiger partial charge is 0.277 e. The van der Waals surface area contributed by atoms with Gasteiger partial charge in [0.15, 0.2) is 0 Å². The number of aromatic nitrogens is 3. The van der Waals surface area contributed by atoms with Crippen molar-refractivity contribution in [2.24, 2.45) is 0 Å². The minimum atomic E-state index is 0.476. The Kier molecular flexibility index (Phi) is 5.42. The second kappa shape index (κ2) is 8.12. The van der Waals surface area contributed by atoms with E-state index in [0.29, 0.717) is 21.9 Å². The van der Waals surface area contributed by atoms with E-state index in [2.05, 4.69) is 15.2 Å². The third-order valence-electron chi connectivity index (χ3n) is 3.71. The Hall–Kier alpha value is -2.35. The van der Waals surface area contributed by atoms with Crippen LogP contribution < -0.4 is 4.74 Å². The second-order valence-corrected chi connectivity index (χ2v) is 7.77. The lowest BCUT2D eigenvalue weighted by Gasteiger charge is -2.01. The lowest BCUT2D eigenvalue weighted by Crippen LogP contribution is -1.85. The molecule has 2 aromatic heterocycles. The van der Waals surface area contributed by atoms with Gasteiger partial charge in [0.2, 0.25) is 5.89 Å². The molecule has 27 heavy (non-hydrogen) atoms. The standard InChI is InChI=1S/C19H14ClN3O2S2/c1-24-16-4-2-3-13(9-16)18-21-15(10-26-18)11-27-19-23-22-17(25-19)12-5-7-14(20)8-6-12/h2-10H,11H2,1H3. The van der Waals surface area contributed by atoms with Crippen LogP contribution in [0.2, 0.25) is 5.02 Å². The van der Waals surface area contributed by atoms with E-state index in [1.807, 2.05) is 41.8 Å². The zero-order valence-corrected chi connectivity index (χ0v) is 16.6. The average Bonchev–Trinajstić information content (AvgIpc) is 3.37. The first kappa shape index (κ1) is 18.0. The summed E-state index contributed by atoms with van der Waals surface area (Å²) in [6.45, 7) is 0. The van der Waals surface area contributed by atoms with Crippen LogP contribution in [-0.2, 0) is 5.75 Å². The number of halogens is 1. The van der Waals surface area contributed by atoms with Crippen molar-refractivity contribution in [2.75, 3.05) is 7.11 Å². The van der Waals surface area contributed by atoms with E-state index in [1.54, 1.807) is 30.6 Å². The maximum atomic E-state index is 5.90. The summed E-state index contributed by atoms with van der Waals surface area (Å²) in [5.74, 6) is 1.95. The van der Waals surface area contributed by atoms with Crippen molar-refractivity contribution in [3.05, 3.63) is 64.6 Å².